The highest BCUT2D eigenvalue weighted by molar-refractivity contribution is 5.78. The molecule has 15 heavy (non-hydrogen) atoms. The Morgan fingerprint density at radius 1 is 0.867 bits per heavy atom. The maximum atomic E-state index is 5.19. The van der Waals surface area contributed by atoms with E-state index in [9.17, 15) is 0 Å². The molecule has 0 radical (unpaired) electrons. The summed E-state index contributed by atoms with van der Waals surface area (Å²) in [7, 11) is 0. The Morgan fingerprint density at radius 2 is 1.53 bits per heavy atom. The maximum absolute atomic E-state index is 5.19. The molecule has 0 bridgehead atoms. The lowest BCUT2D eigenvalue weighted by molar-refractivity contribution is 0.452. The van der Waals surface area contributed by atoms with Crippen molar-refractivity contribution in [2.24, 2.45) is 0 Å². The molecular formula is C13H11NO. The number of rotatable bonds is 2. The van der Waals surface area contributed by atoms with Crippen molar-refractivity contribution in [2.75, 3.05) is 11.8 Å². The zero-order valence-electron chi connectivity index (χ0n) is 8.26. The summed E-state index contributed by atoms with van der Waals surface area (Å²) in [5.41, 5.74) is 3.59. The van der Waals surface area contributed by atoms with Crippen molar-refractivity contribution in [1.82, 2.24) is 0 Å². The Hall–Kier alpha value is -1.80. The number of nitrogens with zero attached hydrogens (tertiary/aromatic N) is 1. The van der Waals surface area contributed by atoms with Crippen molar-refractivity contribution in [2.45, 2.75) is 0 Å². The van der Waals surface area contributed by atoms with Crippen LogP contribution in [0.3, 0.4) is 0 Å². The second-order valence-corrected chi connectivity index (χ2v) is 3.52. The topological polar surface area (TPSA) is 15.5 Å². The monoisotopic (exact) mass is 197 g/mol. The van der Waals surface area contributed by atoms with Crippen LogP contribution in [0.25, 0.3) is 11.1 Å². The van der Waals surface area contributed by atoms with Crippen molar-refractivity contribution in [1.29, 1.82) is 0 Å². The summed E-state index contributed by atoms with van der Waals surface area (Å²) in [6, 6.07) is 18.6. The smallest absolute Gasteiger partial charge is 0.171 e. The van der Waals surface area contributed by atoms with Crippen LogP contribution in [0.15, 0.2) is 54.6 Å². The zero-order valence-corrected chi connectivity index (χ0v) is 8.26. The lowest BCUT2D eigenvalue weighted by atomic mass is 10.0. The number of hydrogen-bond acceptors (Lipinski definition) is 2. The van der Waals surface area contributed by atoms with E-state index < -0.39 is 0 Å². The van der Waals surface area contributed by atoms with Crippen LogP contribution in [0.2, 0.25) is 0 Å². The van der Waals surface area contributed by atoms with E-state index >= 15 is 0 Å². The maximum Gasteiger partial charge on any atom is 0.171 e. The molecule has 0 aromatic heterocycles. The molecule has 1 fully saturated rings. The van der Waals surface area contributed by atoms with Crippen LogP contribution in [0.4, 0.5) is 5.69 Å². The van der Waals surface area contributed by atoms with E-state index in [0.717, 1.165) is 5.69 Å². The minimum Gasteiger partial charge on any atom is -0.247 e. The fraction of sp³-hybridized carbons (Fsp3) is 0.0769. The molecule has 0 saturated carbocycles. The average Bonchev–Trinajstić information content (AvgIpc) is 3.14. The van der Waals surface area contributed by atoms with Crippen molar-refractivity contribution in [3.8, 4) is 11.1 Å². The molecule has 2 aromatic rings. The third kappa shape index (κ3) is 1.60. The average molecular weight is 197 g/mol. The Morgan fingerprint density at radius 3 is 2.27 bits per heavy atom. The van der Waals surface area contributed by atoms with E-state index in [1.54, 1.807) is 0 Å². The molecule has 2 nitrogen and oxygen atoms in total. The summed E-state index contributed by atoms with van der Waals surface area (Å²) in [6.45, 7) is 0.698. The highest BCUT2D eigenvalue weighted by Gasteiger charge is 2.22. The summed E-state index contributed by atoms with van der Waals surface area (Å²) in [4.78, 5) is 5.19. The molecule has 0 N–H and O–H groups in total. The molecule has 3 rings (SSSR count). The first-order chi connectivity index (χ1) is 7.45. The third-order valence-corrected chi connectivity index (χ3v) is 2.52. The first kappa shape index (κ1) is 8.50. The van der Waals surface area contributed by atoms with E-state index in [4.69, 9.17) is 4.84 Å². The molecule has 0 unspecified atom stereocenters. The number of hydroxylamine groups is 1. The van der Waals surface area contributed by atoms with Crippen LogP contribution in [0.1, 0.15) is 0 Å². The van der Waals surface area contributed by atoms with Gasteiger partial charge in [-0.2, -0.15) is 0 Å². The van der Waals surface area contributed by atoms with Gasteiger partial charge in [-0.15, -0.1) is 0 Å². The highest BCUT2D eigenvalue weighted by atomic mass is 16.8. The fourth-order valence-electron chi connectivity index (χ4n) is 1.72. The fourth-order valence-corrected chi connectivity index (χ4v) is 1.72. The molecule has 2 heteroatoms. The predicted molar refractivity (Wildman–Crippen MR) is 60.3 cm³/mol. The second kappa shape index (κ2) is 3.41. The van der Waals surface area contributed by atoms with Crippen LogP contribution in [0, 0.1) is 0 Å². The van der Waals surface area contributed by atoms with Gasteiger partial charge in [0.1, 0.15) is 0 Å². The quantitative estimate of drug-likeness (QED) is 0.687. The van der Waals surface area contributed by atoms with Gasteiger partial charge in [-0.3, -0.25) is 0 Å². The number of para-hydroxylation sites is 1. The molecule has 1 saturated heterocycles. The van der Waals surface area contributed by atoms with Gasteiger partial charge < -0.3 is 0 Å². The van der Waals surface area contributed by atoms with Gasteiger partial charge in [-0.1, -0.05) is 48.5 Å². The van der Waals surface area contributed by atoms with Crippen LogP contribution in [0.5, 0.6) is 0 Å². The van der Waals surface area contributed by atoms with E-state index in [1.807, 2.05) is 17.2 Å². The summed E-state index contributed by atoms with van der Waals surface area (Å²) in [5, 5.41) is 1.89. The van der Waals surface area contributed by atoms with Crippen molar-refractivity contribution in [3.05, 3.63) is 54.6 Å². The zero-order chi connectivity index (χ0) is 10.1. The Bertz CT molecular complexity index is 463. The molecule has 0 aliphatic carbocycles. The van der Waals surface area contributed by atoms with Gasteiger partial charge in [0.05, 0.1) is 5.69 Å². The molecule has 1 aliphatic rings. The molecular weight excluding hydrogens is 186 g/mol. The number of hydrogen-bond donors (Lipinski definition) is 0. The van der Waals surface area contributed by atoms with E-state index in [1.165, 1.54) is 11.1 Å². The second-order valence-electron chi connectivity index (χ2n) is 3.52. The lowest BCUT2D eigenvalue weighted by Crippen LogP contribution is -1.92. The summed E-state index contributed by atoms with van der Waals surface area (Å²) in [5.74, 6) is 0. The summed E-state index contributed by atoms with van der Waals surface area (Å²) < 4.78 is 0. The summed E-state index contributed by atoms with van der Waals surface area (Å²) in [6.07, 6.45) is 0. The summed E-state index contributed by atoms with van der Waals surface area (Å²) >= 11 is 0. The van der Waals surface area contributed by atoms with E-state index in [2.05, 4.69) is 42.5 Å². The first-order valence-electron chi connectivity index (χ1n) is 5.00. The van der Waals surface area contributed by atoms with Crippen molar-refractivity contribution >= 4 is 5.69 Å². The van der Waals surface area contributed by atoms with Gasteiger partial charge in [-0.25, -0.2) is 9.90 Å². The van der Waals surface area contributed by atoms with Gasteiger partial charge in [0.15, 0.2) is 6.73 Å². The van der Waals surface area contributed by atoms with Crippen LogP contribution < -0.4 is 5.06 Å². The Balaban J connectivity index is 2.11. The van der Waals surface area contributed by atoms with Crippen molar-refractivity contribution < 1.29 is 4.84 Å². The van der Waals surface area contributed by atoms with Crippen LogP contribution >= 0.6 is 0 Å². The van der Waals surface area contributed by atoms with Crippen LogP contribution in [-0.4, -0.2) is 6.73 Å². The predicted octanol–water partition coefficient (Wildman–Crippen LogP) is 3.06. The molecule has 1 aliphatic heterocycles. The number of anilines is 1. The highest BCUT2D eigenvalue weighted by Crippen LogP contribution is 2.34. The van der Waals surface area contributed by atoms with E-state index in [0.29, 0.717) is 6.73 Å². The first-order valence-corrected chi connectivity index (χ1v) is 5.00. The molecule has 0 atom stereocenters. The minimum absolute atomic E-state index is 0.698. The number of benzene rings is 2. The third-order valence-electron chi connectivity index (χ3n) is 2.52. The molecule has 2 aromatic carbocycles. The van der Waals surface area contributed by atoms with Gasteiger partial charge in [0.25, 0.3) is 0 Å². The molecule has 74 valence electrons. The lowest BCUT2D eigenvalue weighted by Gasteiger charge is -2.07. The normalized spacial score (nSPS) is 14.0. The molecule has 0 amide bonds. The van der Waals surface area contributed by atoms with E-state index in [-0.39, 0.29) is 0 Å². The Labute approximate surface area is 88.7 Å². The molecule has 0 spiro atoms. The van der Waals surface area contributed by atoms with Crippen molar-refractivity contribution in [3.63, 3.8) is 0 Å². The van der Waals surface area contributed by atoms with Gasteiger partial charge in [0.2, 0.25) is 0 Å². The van der Waals surface area contributed by atoms with Gasteiger partial charge >= 0.3 is 0 Å². The van der Waals surface area contributed by atoms with Gasteiger partial charge in [-0.05, 0) is 11.6 Å². The largest absolute Gasteiger partial charge is 0.247 e. The van der Waals surface area contributed by atoms with Gasteiger partial charge in [0, 0.05) is 5.56 Å². The standard InChI is InChI=1S/C13H11NO/c1-2-6-11(7-3-1)12-8-4-5-9-13(12)14-10-15-14/h1-9H,10H2. The molecule has 1 heterocycles. The Kier molecular flexibility index (Phi) is 1.93. The SMILES string of the molecule is c1ccc(-c2ccccc2N2CO2)cc1. The van der Waals surface area contributed by atoms with Crippen LogP contribution in [-0.2, 0) is 4.84 Å². The minimum atomic E-state index is 0.698.